The molecule has 3 heterocycles. The van der Waals surface area contributed by atoms with Gasteiger partial charge in [0.25, 0.3) is 0 Å². The van der Waals surface area contributed by atoms with E-state index < -0.39 is 0 Å². The molecule has 3 aromatic rings. The molecule has 1 amide bonds. The van der Waals surface area contributed by atoms with Crippen LogP contribution in [-0.4, -0.2) is 28.4 Å². The first-order valence-corrected chi connectivity index (χ1v) is 10.2. The zero-order chi connectivity index (χ0) is 18.8. The van der Waals surface area contributed by atoms with Gasteiger partial charge in [-0.3, -0.25) is 9.69 Å². The number of halogens is 2. The molecule has 1 fully saturated rings. The molecule has 27 heavy (non-hydrogen) atoms. The number of hydrogen-bond donors (Lipinski definition) is 1. The lowest BCUT2D eigenvalue weighted by Crippen LogP contribution is -2.39. The number of carbonyl (C=O) groups excluding carboxylic acids is 1. The first-order chi connectivity index (χ1) is 13.1. The molecule has 8 heteroatoms. The van der Waals surface area contributed by atoms with Gasteiger partial charge in [0.1, 0.15) is 6.26 Å². The minimum Gasteiger partial charge on any atom is -0.444 e. The maximum atomic E-state index is 12.8. The second kappa shape index (κ2) is 8.02. The highest BCUT2D eigenvalue weighted by Crippen LogP contribution is 2.28. The van der Waals surface area contributed by atoms with Crippen molar-refractivity contribution >= 4 is 46.1 Å². The average Bonchev–Trinajstić information content (AvgIpc) is 3.38. The molecule has 1 N–H and O–H groups in total. The number of amides is 1. The second-order valence-corrected chi connectivity index (χ2v) is 8.15. The number of oxazole rings is 1. The van der Waals surface area contributed by atoms with Crippen LogP contribution in [0.2, 0.25) is 10.0 Å². The van der Waals surface area contributed by atoms with Crippen molar-refractivity contribution in [1.29, 1.82) is 0 Å². The lowest BCUT2D eigenvalue weighted by molar-refractivity contribution is -0.120. The van der Waals surface area contributed by atoms with Crippen molar-refractivity contribution in [3.63, 3.8) is 0 Å². The van der Waals surface area contributed by atoms with E-state index in [-0.39, 0.29) is 11.9 Å². The van der Waals surface area contributed by atoms with E-state index >= 15 is 0 Å². The van der Waals surface area contributed by atoms with Gasteiger partial charge in [-0.15, -0.1) is 11.3 Å². The summed E-state index contributed by atoms with van der Waals surface area (Å²) in [4.78, 5) is 20.4. The van der Waals surface area contributed by atoms with Gasteiger partial charge < -0.3 is 9.73 Å². The maximum Gasteiger partial charge on any atom is 0.241 e. The molecule has 1 aliphatic heterocycles. The Morgan fingerprint density at radius 1 is 1.37 bits per heavy atom. The van der Waals surface area contributed by atoms with Gasteiger partial charge in [0.05, 0.1) is 27.3 Å². The molecule has 0 spiro atoms. The molecule has 1 aliphatic rings. The molecule has 4 rings (SSSR count). The van der Waals surface area contributed by atoms with E-state index in [0.717, 1.165) is 30.0 Å². The molecule has 0 radical (unpaired) electrons. The van der Waals surface area contributed by atoms with Crippen LogP contribution in [0.4, 0.5) is 5.69 Å². The first-order valence-electron chi connectivity index (χ1n) is 8.58. The number of nitrogens with one attached hydrogen (secondary N) is 1. The summed E-state index contributed by atoms with van der Waals surface area (Å²) in [7, 11) is 0. The predicted octanol–water partition coefficient (Wildman–Crippen LogP) is 5.31. The smallest absolute Gasteiger partial charge is 0.241 e. The lowest BCUT2D eigenvalue weighted by Gasteiger charge is -2.22. The number of carbonyl (C=O) groups is 1. The molecular weight excluding hydrogens is 405 g/mol. The molecule has 1 atom stereocenters. The third-order valence-corrected chi connectivity index (χ3v) is 5.91. The van der Waals surface area contributed by atoms with Gasteiger partial charge in [-0.05, 0) is 49.0 Å². The number of thiophene rings is 1. The van der Waals surface area contributed by atoms with E-state index in [1.165, 1.54) is 0 Å². The Morgan fingerprint density at radius 2 is 2.26 bits per heavy atom. The van der Waals surface area contributed by atoms with Crippen LogP contribution in [0.5, 0.6) is 0 Å². The maximum absolute atomic E-state index is 12.8. The fourth-order valence-electron chi connectivity index (χ4n) is 3.22. The van der Waals surface area contributed by atoms with Crippen LogP contribution in [0.15, 0.2) is 46.4 Å². The van der Waals surface area contributed by atoms with Crippen molar-refractivity contribution in [3.05, 3.63) is 57.7 Å². The topological polar surface area (TPSA) is 58.4 Å². The minimum absolute atomic E-state index is 0.0707. The highest BCUT2D eigenvalue weighted by atomic mass is 35.5. The van der Waals surface area contributed by atoms with Crippen LogP contribution in [0.3, 0.4) is 0 Å². The summed E-state index contributed by atoms with van der Waals surface area (Å²) >= 11 is 13.7. The van der Waals surface area contributed by atoms with Gasteiger partial charge >= 0.3 is 0 Å². The standard InChI is InChI=1S/C19H17Cl2N3O2S/c20-12-5-6-15(14(21)9-12)23-18(25)16-3-1-7-24(16)10-13-11-26-19(22-13)17-4-2-8-27-17/h2,4-6,8-9,11,16H,1,3,7,10H2,(H,23,25). The van der Waals surface area contributed by atoms with Crippen LogP contribution >= 0.6 is 34.5 Å². The third kappa shape index (κ3) is 4.19. The normalized spacial score (nSPS) is 17.3. The van der Waals surface area contributed by atoms with Crippen molar-refractivity contribution in [2.75, 3.05) is 11.9 Å². The Hall–Kier alpha value is -1.86. The summed E-state index contributed by atoms with van der Waals surface area (Å²) in [6.07, 6.45) is 3.42. The van der Waals surface area contributed by atoms with Crippen LogP contribution in [0.1, 0.15) is 18.5 Å². The predicted molar refractivity (Wildman–Crippen MR) is 108 cm³/mol. The zero-order valence-electron chi connectivity index (χ0n) is 14.3. The summed E-state index contributed by atoms with van der Waals surface area (Å²) < 4.78 is 5.58. The van der Waals surface area contributed by atoms with E-state index in [4.69, 9.17) is 27.6 Å². The Labute approximate surface area is 170 Å². The van der Waals surface area contributed by atoms with Crippen LogP contribution in [0, 0.1) is 0 Å². The zero-order valence-corrected chi connectivity index (χ0v) is 16.7. The molecule has 1 aromatic carbocycles. The number of nitrogens with zero attached hydrogens (tertiary/aromatic N) is 2. The van der Waals surface area contributed by atoms with E-state index in [1.54, 1.807) is 35.8 Å². The third-order valence-electron chi connectivity index (χ3n) is 4.50. The van der Waals surface area contributed by atoms with E-state index in [1.807, 2.05) is 17.5 Å². The Bertz CT molecular complexity index is 942. The van der Waals surface area contributed by atoms with Crippen molar-refractivity contribution in [2.45, 2.75) is 25.4 Å². The fraction of sp³-hybridized carbons (Fsp3) is 0.263. The number of hydrogen-bond acceptors (Lipinski definition) is 5. The first kappa shape index (κ1) is 18.5. The van der Waals surface area contributed by atoms with Crippen molar-refractivity contribution in [2.24, 2.45) is 0 Å². The van der Waals surface area contributed by atoms with E-state index in [0.29, 0.717) is 28.2 Å². The van der Waals surface area contributed by atoms with Crippen molar-refractivity contribution < 1.29 is 9.21 Å². The van der Waals surface area contributed by atoms with Gasteiger partial charge in [0, 0.05) is 11.6 Å². The largest absolute Gasteiger partial charge is 0.444 e. The monoisotopic (exact) mass is 421 g/mol. The summed E-state index contributed by atoms with van der Waals surface area (Å²) in [6, 6.07) is 8.75. The summed E-state index contributed by atoms with van der Waals surface area (Å²) in [5.74, 6) is 0.548. The number of rotatable bonds is 5. The summed E-state index contributed by atoms with van der Waals surface area (Å²) in [6.45, 7) is 1.41. The molecule has 140 valence electrons. The van der Waals surface area contributed by atoms with E-state index in [9.17, 15) is 4.79 Å². The molecule has 2 aromatic heterocycles. The van der Waals surface area contributed by atoms with Crippen LogP contribution in [0.25, 0.3) is 10.8 Å². The average molecular weight is 422 g/mol. The van der Waals surface area contributed by atoms with Gasteiger partial charge in [0.2, 0.25) is 11.8 Å². The second-order valence-electron chi connectivity index (χ2n) is 6.36. The van der Waals surface area contributed by atoms with Crippen molar-refractivity contribution in [1.82, 2.24) is 9.88 Å². The Morgan fingerprint density at radius 3 is 3.04 bits per heavy atom. The highest BCUT2D eigenvalue weighted by molar-refractivity contribution is 7.13. The fourth-order valence-corrected chi connectivity index (χ4v) is 4.33. The van der Waals surface area contributed by atoms with Gasteiger partial charge in [-0.2, -0.15) is 0 Å². The van der Waals surface area contributed by atoms with Crippen molar-refractivity contribution in [3.8, 4) is 10.8 Å². The van der Waals surface area contributed by atoms with Crippen LogP contribution in [-0.2, 0) is 11.3 Å². The number of anilines is 1. The molecule has 0 aliphatic carbocycles. The van der Waals surface area contributed by atoms with Gasteiger partial charge in [0.15, 0.2) is 0 Å². The molecular formula is C19H17Cl2N3O2S. The molecule has 0 saturated carbocycles. The summed E-state index contributed by atoms with van der Waals surface area (Å²) in [5, 5.41) is 5.86. The Kier molecular flexibility index (Phi) is 5.50. The van der Waals surface area contributed by atoms with E-state index in [2.05, 4.69) is 15.2 Å². The molecule has 5 nitrogen and oxygen atoms in total. The number of benzene rings is 1. The quantitative estimate of drug-likeness (QED) is 0.605. The SMILES string of the molecule is O=C(Nc1ccc(Cl)cc1Cl)C1CCCN1Cc1coc(-c2cccs2)n1. The Balaban J connectivity index is 1.43. The summed E-state index contributed by atoms with van der Waals surface area (Å²) in [5.41, 5.74) is 1.39. The minimum atomic E-state index is -0.223. The molecule has 0 bridgehead atoms. The number of likely N-dealkylation sites (tertiary alicyclic amines) is 1. The molecule has 1 saturated heterocycles. The van der Waals surface area contributed by atoms with Gasteiger partial charge in [-0.1, -0.05) is 29.3 Å². The molecule has 1 unspecified atom stereocenters. The van der Waals surface area contributed by atoms with Crippen LogP contribution < -0.4 is 5.32 Å². The highest BCUT2D eigenvalue weighted by Gasteiger charge is 2.31. The number of aromatic nitrogens is 1. The van der Waals surface area contributed by atoms with Gasteiger partial charge in [-0.25, -0.2) is 4.98 Å². The lowest BCUT2D eigenvalue weighted by atomic mass is 10.2.